The second-order valence-corrected chi connectivity index (χ2v) is 4.01. The van der Waals surface area contributed by atoms with Crippen molar-refractivity contribution in [2.24, 2.45) is 0 Å². The van der Waals surface area contributed by atoms with Crippen molar-refractivity contribution in [1.29, 1.82) is 0 Å². The van der Waals surface area contributed by atoms with Crippen LogP contribution in [0.3, 0.4) is 0 Å². The Labute approximate surface area is 104 Å². The number of rotatable bonds is 3. The lowest BCUT2D eigenvalue weighted by Gasteiger charge is -2.12. The third kappa shape index (κ3) is 4.26. The molecule has 0 aliphatic heterocycles. The van der Waals surface area contributed by atoms with Gasteiger partial charge in [-0.2, -0.15) is 13.2 Å². The average Bonchev–Trinajstić information content (AvgIpc) is 2.26. The summed E-state index contributed by atoms with van der Waals surface area (Å²) < 4.78 is 41.0. The van der Waals surface area contributed by atoms with Crippen LogP contribution >= 0.6 is 15.9 Å². The molecule has 0 atom stereocenters. The molecule has 1 aromatic carbocycles. The molecule has 0 spiro atoms. The third-order valence-electron chi connectivity index (χ3n) is 1.87. The Morgan fingerprint density at radius 2 is 2.12 bits per heavy atom. The number of hydrogen-bond acceptors (Lipinski definition) is 3. The van der Waals surface area contributed by atoms with Gasteiger partial charge < -0.3 is 10.1 Å². The maximum absolute atomic E-state index is 12.0. The number of carbonyl (C=O) groups is 1. The van der Waals surface area contributed by atoms with Gasteiger partial charge in [0.1, 0.15) is 6.54 Å². The van der Waals surface area contributed by atoms with Crippen molar-refractivity contribution < 1.29 is 22.7 Å². The van der Waals surface area contributed by atoms with Crippen LogP contribution in [0.1, 0.15) is 10.4 Å². The molecule has 17 heavy (non-hydrogen) atoms. The highest BCUT2D eigenvalue weighted by Gasteiger charge is 2.27. The van der Waals surface area contributed by atoms with E-state index in [-0.39, 0.29) is 11.3 Å². The highest BCUT2D eigenvalue weighted by molar-refractivity contribution is 9.10. The summed E-state index contributed by atoms with van der Waals surface area (Å²) in [6.45, 7) is -1.17. The van der Waals surface area contributed by atoms with Crippen molar-refractivity contribution in [1.82, 2.24) is 0 Å². The van der Waals surface area contributed by atoms with Gasteiger partial charge in [-0.3, -0.25) is 0 Å². The van der Waals surface area contributed by atoms with Crippen molar-refractivity contribution in [3.05, 3.63) is 28.2 Å². The molecule has 1 N–H and O–H groups in total. The smallest absolute Gasteiger partial charge is 0.405 e. The summed E-state index contributed by atoms with van der Waals surface area (Å²) in [4.78, 5) is 11.2. The molecule has 0 radical (unpaired) electrons. The zero-order valence-corrected chi connectivity index (χ0v) is 10.4. The van der Waals surface area contributed by atoms with E-state index in [9.17, 15) is 18.0 Å². The van der Waals surface area contributed by atoms with Gasteiger partial charge in [-0.15, -0.1) is 0 Å². The Morgan fingerprint density at radius 3 is 2.65 bits per heavy atom. The van der Waals surface area contributed by atoms with Gasteiger partial charge in [-0.05, 0) is 34.1 Å². The molecule has 1 rings (SSSR count). The fourth-order valence-electron chi connectivity index (χ4n) is 1.10. The molecule has 0 fully saturated rings. The number of nitrogens with one attached hydrogen (secondary N) is 1. The van der Waals surface area contributed by atoms with Crippen LogP contribution in [0, 0.1) is 0 Å². The molecule has 0 bridgehead atoms. The van der Waals surface area contributed by atoms with Crippen LogP contribution in [0.4, 0.5) is 18.9 Å². The molecule has 0 saturated heterocycles. The molecule has 0 aliphatic rings. The predicted molar refractivity (Wildman–Crippen MR) is 60.0 cm³/mol. The van der Waals surface area contributed by atoms with E-state index in [1.54, 1.807) is 0 Å². The van der Waals surface area contributed by atoms with Crippen LogP contribution in [0.2, 0.25) is 0 Å². The zero-order valence-electron chi connectivity index (χ0n) is 8.77. The summed E-state index contributed by atoms with van der Waals surface area (Å²) >= 11 is 3.09. The lowest BCUT2D eigenvalue weighted by molar-refractivity contribution is -0.115. The number of alkyl halides is 3. The van der Waals surface area contributed by atoms with Gasteiger partial charge in [0.2, 0.25) is 0 Å². The quantitative estimate of drug-likeness (QED) is 0.871. The number of hydrogen-bond donors (Lipinski definition) is 1. The molecule has 0 saturated carbocycles. The first-order valence-electron chi connectivity index (χ1n) is 4.52. The van der Waals surface area contributed by atoms with Crippen LogP contribution in [-0.4, -0.2) is 25.8 Å². The largest absolute Gasteiger partial charge is 0.465 e. The minimum absolute atomic E-state index is 0.181. The molecule has 3 nitrogen and oxygen atoms in total. The van der Waals surface area contributed by atoms with Crippen molar-refractivity contribution in [3.8, 4) is 0 Å². The van der Waals surface area contributed by atoms with Gasteiger partial charge in [-0.25, -0.2) is 4.79 Å². The summed E-state index contributed by atoms with van der Waals surface area (Å²) in [7, 11) is 1.20. The van der Waals surface area contributed by atoms with Crippen molar-refractivity contribution in [2.75, 3.05) is 19.0 Å². The van der Waals surface area contributed by atoms with Gasteiger partial charge in [0.15, 0.2) is 0 Å². The van der Waals surface area contributed by atoms with E-state index in [4.69, 9.17) is 0 Å². The second-order valence-electron chi connectivity index (χ2n) is 3.15. The van der Waals surface area contributed by atoms with Crippen molar-refractivity contribution in [3.63, 3.8) is 0 Å². The lowest BCUT2D eigenvalue weighted by Crippen LogP contribution is -2.21. The molecule has 0 aromatic heterocycles. The van der Waals surface area contributed by atoms with Crippen LogP contribution in [-0.2, 0) is 4.74 Å². The van der Waals surface area contributed by atoms with E-state index in [1.807, 2.05) is 0 Å². The molecule has 94 valence electrons. The average molecular weight is 312 g/mol. The van der Waals surface area contributed by atoms with Crippen molar-refractivity contribution in [2.45, 2.75) is 6.18 Å². The van der Waals surface area contributed by atoms with Gasteiger partial charge >= 0.3 is 12.1 Å². The number of esters is 1. The normalized spacial score (nSPS) is 11.1. The molecule has 0 unspecified atom stereocenters. The molecule has 0 amide bonds. The molecule has 0 heterocycles. The SMILES string of the molecule is COC(=O)c1ccc(Br)c(NCC(F)(F)F)c1. The van der Waals surface area contributed by atoms with Crippen LogP contribution in [0.5, 0.6) is 0 Å². The third-order valence-corrected chi connectivity index (χ3v) is 2.56. The first-order chi connectivity index (χ1) is 7.83. The van der Waals surface area contributed by atoms with Gasteiger partial charge in [0.05, 0.1) is 12.7 Å². The maximum Gasteiger partial charge on any atom is 0.405 e. The zero-order chi connectivity index (χ0) is 13.1. The van der Waals surface area contributed by atoms with Crippen LogP contribution < -0.4 is 5.32 Å². The first kappa shape index (κ1) is 13.8. The minimum Gasteiger partial charge on any atom is -0.465 e. The summed E-state index contributed by atoms with van der Waals surface area (Å²) in [6.07, 6.45) is -4.32. The fraction of sp³-hybridized carbons (Fsp3) is 0.300. The fourth-order valence-corrected chi connectivity index (χ4v) is 1.49. The first-order valence-corrected chi connectivity index (χ1v) is 5.31. The Kier molecular flexibility index (Phi) is 4.39. The number of carbonyl (C=O) groups excluding carboxylic acids is 1. The van der Waals surface area contributed by atoms with E-state index >= 15 is 0 Å². The Hall–Kier alpha value is -1.24. The topological polar surface area (TPSA) is 38.3 Å². The summed E-state index contributed by atoms with van der Waals surface area (Å²) in [5.41, 5.74) is 0.366. The maximum atomic E-state index is 12.0. The monoisotopic (exact) mass is 311 g/mol. The van der Waals surface area contributed by atoms with E-state index in [2.05, 4.69) is 26.0 Å². The number of halogens is 4. The highest BCUT2D eigenvalue weighted by Crippen LogP contribution is 2.25. The van der Waals surface area contributed by atoms with Crippen LogP contribution in [0.25, 0.3) is 0 Å². The number of ether oxygens (including phenoxy) is 1. The Balaban J connectivity index is 2.87. The standard InChI is InChI=1S/C10H9BrF3NO2/c1-17-9(16)6-2-3-7(11)8(4-6)15-5-10(12,13)14/h2-4,15H,5H2,1H3. The molecule has 0 aliphatic carbocycles. The van der Waals surface area contributed by atoms with Gasteiger partial charge in [-0.1, -0.05) is 0 Å². The van der Waals surface area contributed by atoms with E-state index < -0.39 is 18.7 Å². The Bertz CT molecular complexity index is 421. The Morgan fingerprint density at radius 1 is 1.47 bits per heavy atom. The summed E-state index contributed by atoms with van der Waals surface area (Å²) in [5.74, 6) is -0.604. The number of anilines is 1. The van der Waals surface area contributed by atoms with E-state index in [0.717, 1.165) is 0 Å². The van der Waals surface area contributed by atoms with E-state index in [1.165, 1.54) is 25.3 Å². The number of methoxy groups -OCH3 is 1. The highest BCUT2D eigenvalue weighted by atomic mass is 79.9. The number of benzene rings is 1. The molecule has 1 aromatic rings. The second kappa shape index (κ2) is 5.39. The van der Waals surface area contributed by atoms with Gasteiger partial charge in [0.25, 0.3) is 0 Å². The molecule has 7 heteroatoms. The molecular formula is C10H9BrF3NO2. The molecular weight excluding hydrogens is 303 g/mol. The minimum atomic E-state index is -4.32. The van der Waals surface area contributed by atoms with Gasteiger partial charge in [0, 0.05) is 10.2 Å². The van der Waals surface area contributed by atoms with Crippen LogP contribution in [0.15, 0.2) is 22.7 Å². The lowest BCUT2D eigenvalue weighted by atomic mass is 10.2. The predicted octanol–water partition coefficient (Wildman–Crippen LogP) is 3.21. The summed E-state index contributed by atoms with van der Waals surface area (Å²) in [6, 6.07) is 4.22. The van der Waals surface area contributed by atoms with Crippen molar-refractivity contribution >= 4 is 27.6 Å². The van der Waals surface area contributed by atoms with E-state index in [0.29, 0.717) is 4.47 Å². The summed E-state index contributed by atoms with van der Waals surface area (Å²) in [5, 5.41) is 2.19.